The van der Waals surface area contributed by atoms with Crippen molar-refractivity contribution in [2.24, 2.45) is 0 Å². The van der Waals surface area contributed by atoms with Crippen LogP contribution in [0.1, 0.15) is 239 Å². The number of rotatable bonds is 46. The van der Waals surface area contributed by atoms with Gasteiger partial charge in [-0.1, -0.05) is 192 Å². The first kappa shape index (κ1) is 58.0. The van der Waals surface area contributed by atoms with E-state index in [-0.39, 0.29) is 19.1 Å². The highest BCUT2D eigenvalue weighted by atomic mass is 31.2. The minimum absolute atomic E-state index is 0.0707. The van der Waals surface area contributed by atoms with Crippen LogP contribution in [0.3, 0.4) is 0 Å². The van der Waals surface area contributed by atoms with Crippen molar-refractivity contribution in [3.05, 3.63) is 24.3 Å². The number of quaternary nitrogens is 1. The molecule has 0 aliphatic heterocycles. The van der Waals surface area contributed by atoms with Gasteiger partial charge in [-0.3, -0.25) is 13.8 Å². The molecule has 1 unspecified atom stereocenters. The lowest BCUT2D eigenvalue weighted by Crippen LogP contribution is -2.46. The molecule has 0 bridgehead atoms. The molecule has 1 amide bonds. The Bertz CT molecular complexity index is 1020. The van der Waals surface area contributed by atoms with Crippen molar-refractivity contribution in [1.82, 2.24) is 5.32 Å². The van der Waals surface area contributed by atoms with Crippen molar-refractivity contribution >= 4 is 13.7 Å². The van der Waals surface area contributed by atoms with Crippen molar-refractivity contribution in [1.29, 1.82) is 0 Å². The van der Waals surface area contributed by atoms with Gasteiger partial charge in [-0.2, -0.15) is 0 Å². The van der Waals surface area contributed by atoms with Gasteiger partial charge >= 0.3 is 7.82 Å². The molecule has 0 saturated heterocycles. The zero-order chi connectivity index (χ0) is 43.6. The molecular formula is C50H100N2O6P+. The molecular weight excluding hydrogens is 756 g/mol. The van der Waals surface area contributed by atoms with Crippen LogP contribution in [-0.4, -0.2) is 73.4 Å². The number of nitrogens with zero attached hydrogens (tertiary/aromatic N) is 1. The molecule has 0 heterocycles. The maximum atomic E-state index is 12.9. The van der Waals surface area contributed by atoms with Crippen molar-refractivity contribution in [2.75, 3.05) is 40.9 Å². The topological polar surface area (TPSA) is 105 Å². The zero-order valence-corrected chi connectivity index (χ0v) is 40.7. The Balaban J connectivity index is 4.22. The fourth-order valence-corrected chi connectivity index (χ4v) is 8.12. The Morgan fingerprint density at radius 1 is 0.559 bits per heavy atom. The summed E-state index contributed by atoms with van der Waals surface area (Å²) in [5.41, 5.74) is 0. The van der Waals surface area contributed by atoms with Gasteiger partial charge in [-0.05, 0) is 64.2 Å². The Kier molecular flexibility index (Phi) is 41.6. The van der Waals surface area contributed by atoms with Crippen molar-refractivity contribution in [3.8, 4) is 0 Å². The van der Waals surface area contributed by atoms with Crippen molar-refractivity contribution < 1.29 is 32.9 Å². The summed E-state index contributed by atoms with van der Waals surface area (Å²) in [6.45, 7) is 4.87. The predicted octanol–water partition coefficient (Wildman–Crippen LogP) is 14.5. The molecule has 8 nitrogen and oxygen atoms in total. The van der Waals surface area contributed by atoms with Crippen LogP contribution in [0.5, 0.6) is 0 Å². The highest BCUT2D eigenvalue weighted by molar-refractivity contribution is 7.47. The maximum Gasteiger partial charge on any atom is 0.472 e. The molecule has 0 aromatic heterocycles. The standard InChI is InChI=1S/C50H99N2O6P/c1-6-8-10-12-14-16-18-20-22-23-24-25-26-27-28-29-30-32-34-36-38-40-42-44-50(54)51-48(47-58-59(55,56)57-46-45-52(3,4)5)49(53)43-41-39-37-35-33-31-21-19-17-15-13-11-9-7-2/h20,22,33,35,48-49,53H,6-19,21,23-32,34,36-47H2,1-5H3,(H-,51,54,55,56)/p+1/b22-20+,35-33+/t48-,49+/m0/s1. The molecule has 59 heavy (non-hydrogen) atoms. The van der Waals surface area contributed by atoms with E-state index in [0.29, 0.717) is 23.9 Å². The van der Waals surface area contributed by atoms with Gasteiger partial charge in [0.15, 0.2) is 0 Å². The number of aliphatic hydroxyl groups is 1. The van der Waals surface area contributed by atoms with Crippen LogP contribution in [0.4, 0.5) is 0 Å². The van der Waals surface area contributed by atoms with E-state index in [1.54, 1.807) is 0 Å². The van der Waals surface area contributed by atoms with Crippen LogP contribution in [0.2, 0.25) is 0 Å². The molecule has 0 aliphatic carbocycles. The molecule has 3 N–H and O–H groups in total. The van der Waals surface area contributed by atoms with E-state index in [0.717, 1.165) is 44.9 Å². The number of aliphatic hydroxyl groups excluding tert-OH is 1. The molecule has 0 fully saturated rings. The largest absolute Gasteiger partial charge is 0.472 e. The van der Waals surface area contributed by atoms with E-state index in [4.69, 9.17) is 9.05 Å². The second-order valence-corrected chi connectivity index (χ2v) is 20.0. The molecule has 0 aromatic carbocycles. The third-order valence-electron chi connectivity index (χ3n) is 11.4. The SMILES string of the molecule is CCCCCCCC/C=C/CCCCCCCCCCCCCCCC(=O)N[C@@H](COP(=O)(O)OCC[N+](C)(C)C)[C@H](O)CCCC/C=C/CCCCCCCCCC. The number of likely N-dealkylation sites (N-methyl/N-ethyl adjacent to an activating group) is 1. The van der Waals surface area contributed by atoms with E-state index >= 15 is 0 Å². The summed E-state index contributed by atoms with van der Waals surface area (Å²) in [5, 5.41) is 14.0. The highest BCUT2D eigenvalue weighted by Crippen LogP contribution is 2.43. The molecule has 3 atom stereocenters. The van der Waals surface area contributed by atoms with E-state index in [1.165, 1.54) is 167 Å². The van der Waals surface area contributed by atoms with Gasteiger partial charge in [0.1, 0.15) is 13.2 Å². The molecule has 350 valence electrons. The van der Waals surface area contributed by atoms with E-state index in [1.807, 2.05) is 21.1 Å². The zero-order valence-electron chi connectivity index (χ0n) is 39.8. The monoisotopic (exact) mass is 856 g/mol. The molecule has 0 aliphatic rings. The first-order chi connectivity index (χ1) is 28.5. The number of unbranched alkanes of at least 4 members (excludes halogenated alkanes) is 29. The van der Waals surface area contributed by atoms with Crippen LogP contribution in [0, 0.1) is 0 Å². The predicted molar refractivity (Wildman–Crippen MR) is 254 cm³/mol. The lowest BCUT2D eigenvalue weighted by molar-refractivity contribution is -0.870. The Labute approximate surface area is 366 Å². The summed E-state index contributed by atoms with van der Waals surface area (Å²) in [6, 6.07) is -0.774. The smallest absolute Gasteiger partial charge is 0.391 e. The second kappa shape index (κ2) is 42.3. The van der Waals surface area contributed by atoms with Crippen LogP contribution < -0.4 is 5.32 Å². The molecule has 9 heteroatoms. The summed E-state index contributed by atoms with van der Waals surface area (Å²) in [6.07, 6.45) is 50.7. The number of hydrogen-bond acceptors (Lipinski definition) is 5. The molecule has 0 saturated carbocycles. The quantitative estimate of drug-likeness (QED) is 0.0244. The van der Waals surface area contributed by atoms with E-state index in [9.17, 15) is 19.4 Å². The molecule has 0 spiro atoms. The number of allylic oxidation sites excluding steroid dienone is 4. The first-order valence-corrected chi connectivity index (χ1v) is 26.7. The van der Waals surface area contributed by atoms with Gasteiger partial charge in [0.25, 0.3) is 0 Å². The van der Waals surface area contributed by atoms with Crippen LogP contribution in [0.25, 0.3) is 0 Å². The number of phosphoric acid groups is 1. The molecule has 0 radical (unpaired) electrons. The third kappa shape index (κ3) is 44.8. The second-order valence-electron chi connectivity index (χ2n) is 18.5. The van der Waals surface area contributed by atoms with Crippen LogP contribution in [0.15, 0.2) is 24.3 Å². The van der Waals surface area contributed by atoms with Crippen molar-refractivity contribution in [2.45, 2.75) is 251 Å². The number of phosphoric ester groups is 1. The number of amides is 1. The average molecular weight is 856 g/mol. The normalized spacial score (nSPS) is 14.4. The number of hydrogen-bond donors (Lipinski definition) is 3. The Morgan fingerprint density at radius 2 is 0.915 bits per heavy atom. The minimum atomic E-state index is -4.32. The average Bonchev–Trinajstić information content (AvgIpc) is 3.19. The Hall–Kier alpha value is -1.02. The first-order valence-electron chi connectivity index (χ1n) is 25.2. The van der Waals surface area contributed by atoms with Crippen molar-refractivity contribution in [3.63, 3.8) is 0 Å². The summed E-state index contributed by atoms with van der Waals surface area (Å²) in [7, 11) is 1.60. The van der Waals surface area contributed by atoms with Gasteiger partial charge < -0.3 is 19.8 Å². The fraction of sp³-hybridized carbons (Fsp3) is 0.900. The van der Waals surface area contributed by atoms with Crippen LogP contribution >= 0.6 is 7.82 Å². The Morgan fingerprint density at radius 3 is 1.31 bits per heavy atom. The lowest BCUT2D eigenvalue weighted by Gasteiger charge is -2.26. The number of carbonyl (C=O) groups is 1. The molecule has 0 aromatic rings. The molecule has 0 rings (SSSR count). The van der Waals surface area contributed by atoms with Gasteiger partial charge in [-0.25, -0.2) is 4.57 Å². The van der Waals surface area contributed by atoms with Gasteiger partial charge in [-0.15, -0.1) is 0 Å². The van der Waals surface area contributed by atoms with E-state index < -0.39 is 20.0 Å². The maximum absolute atomic E-state index is 12.9. The number of nitrogens with one attached hydrogen (secondary N) is 1. The lowest BCUT2D eigenvalue weighted by atomic mass is 10.0. The summed E-state index contributed by atoms with van der Waals surface area (Å²) in [4.78, 5) is 23.2. The van der Waals surface area contributed by atoms with Gasteiger partial charge in [0.2, 0.25) is 5.91 Å². The fourth-order valence-electron chi connectivity index (χ4n) is 7.39. The summed E-state index contributed by atoms with van der Waals surface area (Å²) in [5.74, 6) is -0.153. The van der Waals surface area contributed by atoms with Crippen LogP contribution in [-0.2, 0) is 18.4 Å². The van der Waals surface area contributed by atoms with Gasteiger partial charge in [0, 0.05) is 6.42 Å². The minimum Gasteiger partial charge on any atom is -0.391 e. The number of carbonyl (C=O) groups excluding carboxylic acids is 1. The van der Waals surface area contributed by atoms with Gasteiger partial charge in [0.05, 0.1) is 39.9 Å². The highest BCUT2D eigenvalue weighted by Gasteiger charge is 2.28. The summed E-state index contributed by atoms with van der Waals surface area (Å²) >= 11 is 0. The summed E-state index contributed by atoms with van der Waals surface area (Å²) < 4.78 is 23.7. The third-order valence-corrected chi connectivity index (χ3v) is 12.4. The van der Waals surface area contributed by atoms with E-state index in [2.05, 4.69) is 43.5 Å².